The van der Waals surface area contributed by atoms with Crippen LogP contribution in [0.3, 0.4) is 0 Å². The predicted octanol–water partition coefficient (Wildman–Crippen LogP) is -3.54. The average Bonchev–Trinajstić information content (AvgIpc) is 2.30. The van der Waals surface area contributed by atoms with Gasteiger partial charge in [-0.25, -0.2) is 0 Å². The summed E-state index contributed by atoms with van der Waals surface area (Å²) in [4.78, 5) is 12.8. The Labute approximate surface area is 117 Å². The average molecular weight is 228 g/mol. The number of hydrogen-bond donors (Lipinski definition) is 1. The number of carboxylic acid groups (broad SMARTS) is 1. The van der Waals surface area contributed by atoms with E-state index in [2.05, 4.69) is 10.2 Å². The molecule has 0 atom stereocenters. The van der Waals surface area contributed by atoms with Crippen LogP contribution in [0.15, 0.2) is 24.3 Å². The number of piperazine rings is 1. The summed E-state index contributed by atoms with van der Waals surface area (Å²) >= 11 is 0. The molecule has 80 valence electrons. The zero-order valence-corrected chi connectivity index (χ0v) is 11.4. The zero-order chi connectivity index (χ0) is 10.7. The van der Waals surface area contributed by atoms with Crippen molar-refractivity contribution in [1.29, 1.82) is 0 Å². The number of hydrogen-bond acceptors (Lipinski definition) is 4. The monoisotopic (exact) mass is 228 g/mol. The first kappa shape index (κ1) is 13.5. The molecule has 1 fully saturated rings. The minimum atomic E-state index is -1.12. The number of carbonyl (C=O) groups excluding carboxylic acids is 1. The third kappa shape index (κ3) is 3.22. The van der Waals surface area contributed by atoms with E-state index >= 15 is 0 Å². The second kappa shape index (κ2) is 6.25. The second-order valence-electron chi connectivity index (χ2n) is 3.57. The van der Waals surface area contributed by atoms with Gasteiger partial charge in [-0.1, -0.05) is 12.1 Å². The molecular weight excluding hydrogens is 215 g/mol. The van der Waals surface area contributed by atoms with E-state index < -0.39 is 5.97 Å². The topological polar surface area (TPSA) is 55.4 Å². The summed E-state index contributed by atoms with van der Waals surface area (Å²) < 4.78 is 0. The Bertz CT molecular complexity index is 348. The quantitative estimate of drug-likeness (QED) is 0.533. The molecular formula is C11H13N2NaO2. The van der Waals surface area contributed by atoms with Crippen LogP contribution < -0.4 is 44.9 Å². The molecule has 0 amide bonds. The number of anilines is 1. The fourth-order valence-electron chi connectivity index (χ4n) is 1.73. The maximum Gasteiger partial charge on any atom is 1.00 e. The van der Waals surface area contributed by atoms with E-state index in [9.17, 15) is 9.90 Å². The van der Waals surface area contributed by atoms with Crippen molar-refractivity contribution in [3.05, 3.63) is 29.8 Å². The molecule has 0 bridgehead atoms. The van der Waals surface area contributed by atoms with E-state index in [1.165, 1.54) is 0 Å². The molecule has 1 saturated heterocycles. The fraction of sp³-hybridized carbons (Fsp3) is 0.364. The summed E-state index contributed by atoms with van der Waals surface area (Å²) in [5.74, 6) is -1.12. The molecule has 0 spiro atoms. The summed E-state index contributed by atoms with van der Waals surface area (Å²) in [5, 5.41) is 13.8. The third-order valence-corrected chi connectivity index (χ3v) is 2.59. The molecule has 1 N–H and O–H groups in total. The van der Waals surface area contributed by atoms with Gasteiger partial charge in [0.05, 0.1) is 5.97 Å². The molecule has 4 nitrogen and oxygen atoms in total. The molecule has 1 aromatic carbocycles. The molecule has 1 aromatic rings. The zero-order valence-electron chi connectivity index (χ0n) is 9.40. The largest absolute Gasteiger partial charge is 1.00 e. The normalized spacial score (nSPS) is 15.4. The SMILES string of the molecule is O=C([O-])c1ccc(N2CCNCC2)cc1.[Na+]. The van der Waals surface area contributed by atoms with Gasteiger partial charge in [0.25, 0.3) is 0 Å². The van der Waals surface area contributed by atoms with Gasteiger partial charge in [-0.05, 0) is 17.7 Å². The van der Waals surface area contributed by atoms with Crippen LogP contribution in [0, 0.1) is 0 Å². The van der Waals surface area contributed by atoms with Gasteiger partial charge < -0.3 is 20.1 Å². The summed E-state index contributed by atoms with van der Waals surface area (Å²) in [6.45, 7) is 3.87. The maximum absolute atomic E-state index is 10.6. The summed E-state index contributed by atoms with van der Waals surface area (Å²) in [6, 6.07) is 6.84. The van der Waals surface area contributed by atoms with Crippen molar-refractivity contribution in [2.24, 2.45) is 0 Å². The molecule has 1 aliphatic rings. The van der Waals surface area contributed by atoms with Gasteiger partial charge in [0.1, 0.15) is 0 Å². The Morgan fingerprint density at radius 1 is 1.19 bits per heavy atom. The molecule has 1 heterocycles. The Balaban J connectivity index is 0.00000128. The van der Waals surface area contributed by atoms with Crippen molar-refractivity contribution >= 4 is 11.7 Å². The molecule has 0 saturated carbocycles. The number of nitrogens with one attached hydrogen (secondary N) is 1. The van der Waals surface area contributed by atoms with Gasteiger partial charge in [-0.2, -0.15) is 0 Å². The van der Waals surface area contributed by atoms with Gasteiger partial charge in [0, 0.05) is 31.9 Å². The van der Waals surface area contributed by atoms with Crippen LogP contribution >= 0.6 is 0 Å². The third-order valence-electron chi connectivity index (χ3n) is 2.59. The summed E-state index contributed by atoms with van der Waals surface area (Å²) in [6.07, 6.45) is 0. The fourth-order valence-corrected chi connectivity index (χ4v) is 1.73. The second-order valence-corrected chi connectivity index (χ2v) is 3.57. The van der Waals surface area contributed by atoms with Crippen molar-refractivity contribution in [2.75, 3.05) is 31.1 Å². The van der Waals surface area contributed by atoms with Gasteiger partial charge in [0.2, 0.25) is 0 Å². The van der Waals surface area contributed by atoms with Gasteiger partial charge >= 0.3 is 29.6 Å². The Hall–Kier alpha value is -0.550. The van der Waals surface area contributed by atoms with Crippen LogP contribution in [0.1, 0.15) is 10.4 Å². The molecule has 16 heavy (non-hydrogen) atoms. The van der Waals surface area contributed by atoms with E-state index in [0.717, 1.165) is 31.9 Å². The molecule has 0 aliphatic carbocycles. The first-order valence-electron chi connectivity index (χ1n) is 5.04. The van der Waals surface area contributed by atoms with Gasteiger partial charge in [0.15, 0.2) is 0 Å². The summed E-state index contributed by atoms with van der Waals surface area (Å²) in [7, 11) is 0. The van der Waals surface area contributed by atoms with Crippen molar-refractivity contribution in [1.82, 2.24) is 5.32 Å². The smallest absolute Gasteiger partial charge is 0.545 e. The number of nitrogens with zero attached hydrogens (tertiary/aromatic N) is 1. The van der Waals surface area contributed by atoms with Crippen LogP contribution in [0.4, 0.5) is 5.69 Å². The number of aromatic carboxylic acids is 1. The van der Waals surface area contributed by atoms with E-state index in [-0.39, 0.29) is 35.1 Å². The number of rotatable bonds is 2. The van der Waals surface area contributed by atoms with Crippen LogP contribution in [-0.4, -0.2) is 32.1 Å². The van der Waals surface area contributed by atoms with Crippen molar-refractivity contribution in [2.45, 2.75) is 0 Å². The Morgan fingerprint density at radius 3 is 2.25 bits per heavy atom. The maximum atomic E-state index is 10.6. The van der Waals surface area contributed by atoms with Crippen LogP contribution in [-0.2, 0) is 0 Å². The molecule has 1 aliphatic heterocycles. The molecule has 5 heteroatoms. The van der Waals surface area contributed by atoms with E-state index in [1.807, 2.05) is 12.1 Å². The summed E-state index contributed by atoms with van der Waals surface area (Å²) in [5.41, 5.74) is 1.30. The van der Waals surface area contributed by atoms with E-state index in [1.54, 1.807) is 12.1 Å². The first-order valence-corrected chi connectivity index (χ1v) is 5.04. The van der Waals surface area contributed by atoms with Crippen LogP contribution in [0.5, 0.6) is 0 Å². The molecule has 2 rings (SSSR count). The Morgan fingerprint density at radius 2 is 1.75 bits per heavy atom. The number of carboxylic acids is 1. The number of benzene rings is 1. The predicted molar refractivity (Wildman–Crippen MR) is 55.9 cm³/mol. The van der Waals surface area contributed by atoms with Crippen molar-refractivity contribution in [3.63, 3.8) is 0 Å². The van der Waals surface area contributed by atoms with E-state index in [4.69, 9.17) is 0 Å². The molecule has 0 radical (unpaired) electrons. The molecule has 0 aromatic heterocycles. The molecule has 0 unspecified atom stereocenters. The minimum absolute atomic E-state index is 0. The van der Waals surface area contributed by atoms with Gasteiger partial charge in [-0.15, -0.1) is 0 Å². The van der Waals surface area contributed by atoms with Crippen molar-refractivity contribution in [3.8, 4) is 0 Å². The Kier molecular flexibility index (Phi) is 5.28. The minimum Gasteiger partial charge on any atom is -0.545 e. The standard InChI is InChI=1S/C11H14N2O2.Na/c14-11(15)9-1-3-10(4-2-9)13-7-5-12-6-8-13;/h1-4,12H,5-8H2,(H,14,15);/q;+1/p-1. The van der Waals surface area contributed by atoms with Gasteiger partial charge in [-0.3, -0.25) is 0 Å². The first-order chi connectivity index (χ1) is 7.27. The van der Waals surface area contributed by atoms with Crippen molar-refractivity contribution < 1.29 is 39.5 Å². The number of carbonyl (C=O) groups is 1. The van der Waals surface area contributed by atoms with Crippen LogP contribution in [0.25, 0.3) is 0 Å². The van der Waals surface area contributed by atoms with E-state index in [0.29, 0.717) is 0 Å². The van der Waals surface area contributed by atoms with Crippen LogP contribution in [0.2, 0.25) is 0 Å².